The number of halogens is 1. The number of carbonyl (C=O) groups is 1. The molecule has 0 spiro atoms. The average molecular weight is 388 g/mol. The second-order valence-electron chi connectivity index (χ2n) is 5.17. The molecule has 0 bridgehead atoms. The zero-order chi connectivity index (χ0) is 15.4. The standard InChI is InChI=1S/C15H18BrNO2S2/c1-10-7-11(14(19)12(16)8-10)13(18)9-21-15(20)17-5-3-2-4-6-17/h7-8,19H,2-6,9H2,1H3. The smallest absolute Gasteiger partial charge is 0.176 e. The maximum absolute atomic E-state index is 12.3. The van der Waals surface area contributed by atoms with Crippen molar-refractivity contribution in [2.75, 3.05) is 18.8 Å². The molecule has 0 aliphatic carbocycles. The zero-order valence-electron chi connectivity index (χ0n) is 11.9. The molecule has 1 aromatic carbocycles. The van der Waals surface area contributed by atoms with Crippen LogP contribution < -0.4 is 0 Å². The predicted octanol–water partition coefficient (Wildman–Crippen LogP) is 4.15. The maximum atomic E-state index is 12.3. The van der Waals surface area contributed by atoms with Crippen LogP contribution in [-0.2, 0) is 0 Å². The van der Waals surface area contributed by atoms with E-state index < -0.39 is 0 Å². The number of hydrogen-bond donors (Lipinski definition) is 1. The van der Waals surface area contributed by atoms with E-state index in [0.717, 1.165) is 23.0 Å². The molecule has 1 aromatic rings. The van der Waals surface area contributed by atoms with Crippen molar-refractivity contribution >= 4 is 50.0 Å². The number of piperidine rings is 1. The van der Waals surface area contributed by atoms with Gasteiger partial charge in [-0.2, -0.15) is 0 Å². The number of aryl methyl sites for hydroxylation is 1. The van der Waals surface area contributed by atoms with E-state index in [1.165, 1.54) is 31.0 Å². The lowest BCUT2D eigenvalue weighted by molar-refractivity contribution is 0.102. The molecular weight excluding hydrogens is 370 g/mol. The molecule has 0 amide bonds. The van der Waals surface area contributed by atoms with Gasteiger partial charge in [0, 0.05) is 13.1 Å². The quantitative estimate of drug-likeness (QED) is 0.622. The molecule has 1 heterocycles. The van der Waals surface area contributed by atoms with Gasteiger partial charge in [-0.1, -0.05) is 24.0 Å². The molecule has 1 fully saturated rings. The van der Waals surface area contributed by atoms with Crippen molar-refractivity contribution in [1.29, 1.82) is 0 Å². The summed E-state index contributed by atoms with van der Waals surface area (Å²) in [4.78, 5) is 14.4. The van der Waals surface area contributed by atoms with Gasteiger partial charge in [0.05, 0.1) is 15.8 Å². The van der Waals surface area contributed by atoms with Crippen molar-refractivity contribution in [3.63, 3.8) is 0 Å². The fourth-order valence-corrected chi connectivity index (χ4v) is 4.03. The summed E-state index contributed by atoms with van der Waals surface area (Å²) >= 11 is 10.0. The first-order valence-corrected chi connectivity index (χ1v) is 9.11. The Hall–Kier alpha value is -0.590. The molecule has 1 aliphatic rings. The van der Waals surface area contributed by atoms with Crippen LogP contribution in [0.5, 0.6) is 5.75 Å². The molecule has 3 nitrogen and oxygen atoms in total. The molecule has 2 rings (SSSR count). The highest BCUT2D eigenvalue weighted by Gasteiger charge is 2.18. The Labute approximate surface area is 143 Å². The van der Waals surface area contributed by atoms with Crippen LogP contribution in [0.25, 0.3) is 0 Å². The van der Waals surface area contributed by atoms with Gasteiger partial charge in [0.15, 0.2) is 5.78 Å². The summed E-state index contributed by atoms with van der Waals surface area (Å²) in [5, 5.41) is 9.99. The highest BCUT2D eigenvalue weighted by molar-refractivity contribution is 9.10. The van der Waals surface area contributed by atoms with Gasteiger partial charge >= 0.3 is 0 Å². The first kappa shape index (κ1) is 16.8. The lowest BCUT2D eigenvalue weighted by atomic mass is 10.1. The number of Topliss-reactive ketones (excluding diaryl/α,β-unsaturated/α-hetero) is 1. The van der Waals surface area contributed by atoms with Gasteiger partial charge in [0.2, 0.25) is 0 Å². The normalized spacial score (nSPS) is 15.0. The predicted molar refractivity (Wildman–Crippen MR) is 95.4 cm³/mol. The largest absolute Gasteiger partial charge is 0.506 e. The van der Waals surface area contributed by atoms with Crippen molar-refractivity contribution in [2.45, 2.75) is 26.2 Å². The fourth-order valence-electron chi connectivity index (χ4n) is 2.32. The van der Waals surface area contributed by atoms with Crippen LogP contribution in [-0.4, -0.2) is 39.0 Å². The summed E-state index contributed by atoms with van der Waals surface area (Å²) in [5.74, 6) is 0.176. The first-order valence-electron chi connectivity index (χ1n) is 6.93. The Kier molecular flexibility index (Phi) is 6.08. The van der Waals surface area contributed by atoms with Gasteiger partial charge in [-0.25, -0.2) is 0 Å². The maximum Gasteiger partial charge on any atom is 0.176 e. The van der Waals surface area contributed by atoms with E-state index in [9.17, 15) is 9.90 Å². The Morgan fingerprint density at radius 3 is 2.71 bits per heavy atom. The van der Waals surface area contributed by atoms with Crippen LogP contribution in [0, 0.1) is 6.92 Å². The SMILES string of the molecule is Cc1cc(Br)c(O)c(C(=O)CSC(=S)N2CCCCC2)c1. The number of likely N-dealkylation sites (tertiary alicyclic amines) is 1. The highest BCUT2D eigenvalue weighted by Crippen LogP contribution is 2.30. The first-order chi connectivity index (χ1) is 9.99. The molecule has 0 radical (unpaired) electrons. The number of thioether (sulfide) groups is 1. The minimum Gasteiger partial charge on any atom is -0.506 e. The monoisotopic (exact) mass is 387 g/mol. The third-order valence-corrected chi connectivity index (χ3v) is 5.58. The molecule has 1 N–H and O–H groups in total. The number of benzene rings is 1. The minimum atomic E-state index is -0.0961. The Bertz CT molecular complexity index is 557. The third-order valence-electron chi connectivity index (χ3n) is 3.45. The second-order valence-corrected chi connectivity index (χ2v) is 7.63. The zero-order valence-corrected chi connectivity index (χ0v) is 15.1. The van der Waals surface area contributed by atoms with E-state index in [-0.39, 0.29) is 17.3 Å². The van der Waals surface area contributed by atoms with Gasteiger partial charge in [0.1, 0.15) is 10.1 Å². The summed E-state index contributed by atoms with van der Waals surface area (Å²) in [6, 6.07) is 3.50. The lowest BCUT2D eigenvalue weighted by Crippen LogP contribution is -2.33. The molecule has 0 atom stereocenters. The van der Waals surface area contributed by atoms with Gasteiger partial charge in [-0.05, 0) is 59.8 Å². The number of rotatable bonds is 3. The summed E-state index contributed by atoms with van der Waals surface area (Å²) in [6.07, 6.45) is 3.59. The molecule has 0 unspecified atom stereocenters. The van der Waals surface area contributed by atoms with Crippen molar-refractivity contribution in [3.8, 4) is 5.75 Å². The summed E-state index contributed by atoms with van der Waals surface area (Å²) in [7, 11) is 0. The summed E-state index contributed by atoms with van der Waals surface area (Å²) < 4.78 is 1.34. The number of thiocarbonyl (C=S) groups is 1. The topological polar surface area (TPSA) is 40.5 Å². The number of phenolic OH excluding ortho intramolecular Hbond substituents is 1. The molecule has 1 saturated heterocycles. The van der Waals surface area contributed by atoms with Gasteiger partial charge in [-0.3, -0.25) is 4.79 Å². The molecule has 0 saturated carbocycles. The molecule has 21 heavy (non-hydrogen) atoms. The van der Waals surface area contributed by atoms with Crippen LogP contribution in [0.1, 0.15) is 35.2 Å². The van der Waals surface area contributed by atoms with E-state index in [1.807, 2.05) is 6.92 Å². The third kappa shape index (κ3) is 4.44. The minimum absolute atomic E-state index is 0.00934. The second kappa shape index (κ2) is 7.61. The van der Waals surface area contributed by atoms with Crippen LogP contribution in [0.3, 0.4) is 0 Å². The number of ketones is 1. The molecular formula is C15H18BrNO2S2. The molecule has 6 heteroatoms. The molecule has 114 valence electrons. The van der Waals surface area contributed by atoms with Crippen molar-refractivity contribution in [3.05, 3.63) is 27.7 Å². The number of carbonyl (C=O) groups excluding carboxylic acids is 1. The van der Waals surface area contributed by atoms with Crippen LogP contribution in [0.15, 0.2) is 16.6 Å². The number of nitrogens with zero attached hydrogens (tertiary/aromatic N) is 1. The summed E-state index contributed by atoms with van der Waals surface area (Å²) in [6.45, 7) is 3.87. The Morgan fingerprint density at radius 1 is 1.38 bits per heavy atom. The van der Waals surface area contributed by atoms with Crippen molar-refractivity contribution in [1.82, 2.24) is 4.90 Å². The fraction of sp³-hybridized carbons (Fsp3) is 0.467. The van der Waals surface area contributed by atoms with Crippen LogP contribution in [0.2, 0.25) is 0 Å². The van der Waals surface area contributed by atoms with Crippen LogP contribution >= 0.6 is 39.9 Å². The lowest BCUT2D eigenvalue weighted by Gasteiger charge is -2.28. The van der Waals surface area contributed by atoms with Gasteiger partial charge in [-0.15, -0.1) is 0 Å². The van der Waals surface area contributed by atoms with Crippen molar-refractivity contribution in [2.24, 2.45) is 0 Å². The average Bonchev–Trinajstić information content (AvgIpc) is 2.49. The Morgan fingerprint density at radius 2 is 2.05 bits per heavy atom. The van der Waals surface area contributed by atoms with E-state index in [1.54, 1.807) is 12.1 Å². The number of aromatic hydroxyl groups is 1. The van der Waals surface area contributed by atoms with Crippen molar-refractivity contribution < 1.29 is 9.90 Å². The number of hydrogen-bond acceptors (Lipinski definition) is 4. The molecule has 0 aromatic heterocycles. The Balaban J connectivity index is 1.97. The van der Waals surface area contributed by atoms with E-state index in [4.69, 9.17) is 12.2 Å². The van der Waals surface area contributed by atoms with E-state index >= 15 is 0 Å². The highest BCUT2D eigenvalue weighted by atomic mass is 79.9. The van der Waals surface area contributed by atoms with Gasteiger partial charge < -0.3 is 10.0 Å². The van der Waals surface area contributed by atoms with Gasteiger partial charge in [0.25, 0.3) is 0 Å². The number of phenols is 1. The van der Waals surface area contributed by atoms with Crippen LogP contribution in [0.4, 0.5) is 0 Å². The van der Waals surface area contributed by atoms with E-state index in [0.29, 0.717) is 10.0 Å². The summed E-state index contributed by atoms with van der Waals surface area (Å²) in [5.41, 5.74) is 1.29. The van der Waals surface area contributed by atoms with E-state index in [2.05, 4.69) is 20.8 Å². The molecule has 1 aliphatic heterocycles.